The third kappa shape index (κ3) is 3.19. The molecule has 3 rings (SSSR count). The molecule has 6 nitrogen and oxygen atoms in total. The van der Waals surface area contributed by atoms with Crippen LogP contribution in [0.15, 0.2) is 30.5 Å². The second kappa shape index (κ2) is 6.37. The summed E-state index contributed by atoms with van der Waals surface area (Å²) in [5, 5.41) is 14.0. The fraction of sp³-hybridized carbons (Fsp3) is 0.375. The number of carbonyl (C=O) groups excluding carboxylic acids is 1. The fourth-order valence-corrected chi connectivity index (χ4v) is 2.64. The van der Waals surface area contributed by atoms with Gasteiger partial charge in [-0.1, -0.05) is 12.1 Å². The maximum absolute atomic E-state index is 13.8. The molecule has 23 heavy (non-hydrogen) atoms. The van der Waals surface area contributed by atoms with Crippen LogP contribution in [0.2, 0.25) is 0 Å². The van der Waals surface area contributed by atoms with Gasteiger partial charge < -0.3 is 14.7 Å². The highest BCUT2D eigenvalue weighted by Gasteiger charge is 2.25. The highest BCUT2D eigenvalue weighted by atomic mass is 19.1. The standard InChI is InChI=1S/C16H18FN3O3/c1-19(9-11-5-4-8-23-11)16(22)15-14(21)10-20(18-15)13-7-3-2-6-12(13)17/h2-3,6-7,10-11,21H,4-5,8-9H2,1H3. The van der Waals surface area contributed by atoms with Crippen molar-refractivity contribution in [2.75, 3.05) is 20.2 Å². The zero-order valence-corrected chi connectivity index (χ0v) is 12.8. The van der Waals surface area contributed by atoms with Gasteiger partial charge in [0, 0.05) is 20.2 Å². The molecule has 1 saturated heterocycles. The van der Waals surface area contributed by atoms with E-state index in [0.717, 1.165) is 17.5 Å². The number of benzene rings is 1. The lowest BCUT2D eigenvalue weighted by Gasteiger charge is -2.19. The zero-order chi connectivity index (χ0) is 16.4. The van der Waals surface area contributed by atoms with Gasteiger partial charge in [0.1, 0.15) is 11.5 Å². The first-order valence-corrected chi connectivity index (χ1v) is 7.47. The Bertz CT molecular complexity index is 710. The number of rotatable bonds is 4. The minimum absolute atomic E-state index is 0.0137. The summed E-state index contributed by atoms with van der Waals surface area (Å²) in [5.74, 6) is -1.19. The van der Waals surface area contributed by atoms with Crippen LogP contribution in [0, 0.1) is 5.82 Å². The van der Waals surface area contributed by atoms with Crippen molar-refractivity contribution < 1.29 is 19.0 Å². The van der Waals surface area contributed by atoms with Crippen LogP contribution in [0.1, 0.15) is 23.3 Å². The average molecular weight is 319 g/mol. The molecule has 0 radical (unpaired) electrons. The predicted octanol–water partition coefficient (Wildman–Crippen LogP) is 1.97. The van der Waals surface area contributed by atoms with E-state index in [2.05, 4.69) is 5.10 Å². The van der Waals surface area contributed by atoms with E-state index < -0.39 is 11.7 Å². The highest BCUT2D eigenvalue weighted by Crippen LogP contribution is 2.22. The van der Waals surface area contributed by atoms with E-state index in [4.69, 9.17) is 4.74 Å². The molecule has 0 spiro atoms. The van der Waals surface area contributed by atoms with Crippen molar-refractivity contribution in [3.05, 3.63) is 42.0 Å². The van der Waals surface area contributed by atoms with Crippen molar-refractivity contribution in [1.82, 2.24) is 14.7 Å². The van der Waals surface area contributed by atoms with Crippen LogP contribution in [0.25, 0.3) is 5.69 Å². The van der Waals surface area contributed by atoms with Gasteiger partial charge in [-0.25, -0.2) is 9.07 Å². The van der Waals surface area contributed by atoms with Crippen molar-refractivity contribution in [2.45, 2.75) is 18.9 Å². The van der Waals surface area contributed by atoms with E-state index in [-0.39, 0.29) is 23.2 Å². The number of nitrogens with zero attached hydrogens (tertiary/aromatic N) is 3. The van der Waals surface area contributed by atoms with Crippen LogP contribution >= 0.6 is 0 Å². The molecule has 0 bridgehead atoms. The number of para-hydroxylation sites is 1. The van der Waals surface area contributed by atoms with Gasteiger partial charge in [0.2, 0.25) is 0 Å². The largest absolute Gasteiger partial charge is 0.504 e. The summed E-state index contributed by atoms with van der Waals surface area (Å²) in [4.78, 5) is 13.9. The molecular formula is C16H18FN3O3. The summed E-state index contributed by atoms with van der Waals surface area (Å²) in [6.07, 6.45) is 3.14. The van der Waals surface area contributed by atoms with Gasteiger partial charge in [0.25, 0.3) is 5.91 Å². The van der Waals surface area contributed by atoms with E-state index in [1.807, 2.05) is 0 Å². The molecule has 1 N–H and O–H groups in total. The molecule has 1 atom stereocenters. The lowest BCUT2D eigenvalue weighted by molar-refractivity contribution is 0.0580. The van der Waals surface area contributed by atoms with Crippen LogP contribution in [0.4, 0.5) is 4.39 Å². The van der Waals surface area contributed by atoms with Crippen molar-refractivity contribution >= 4 is 5.91 Å². The summed E-state index contributed by atoms with van der Waals surface area (Å²) >= 11 is 0. The van der Waals surface area contributed by atoms with Gasteiger partial charge in [-0.05, 0) is 25.0 Å². The van der Waals surface area contributed by atoms with Gasteiger partial charge in [0.05, 0.1) is 12.3 Å². The van der Waals surface area contributed by atoms with Crippen LogP contribution in [-0.4, -0.2) is 52.0 Å². The van der Waals surface area contributed by atoms with Gasteiger partial charge in [0.15, 0.2) is 11.4 Å². The molecule has 1 aromatic heterocycles. The number of amides is 1. The molecular weight excluding hydrogens is 301 g/mol. The molecule has 1 amide bonds. The Morgan fingerprint density at radius 2 is 2.30 bits per heavy atom. The first kappa shape index (κ1) is 15.5. The molecule has 1 fully saturated rings. The molecule has 0 aliphatic carbocycles. The third-order valence-corrected chi connectivity index (χ3v) is 3.84. The fourth-order valence-electron chi connectivity index (χ4n) is 2.64. The SMILES string of the molecule is CN(CC1CCCO1)C(=O)c1nn(-c2ccccc2F)cc1O. The lowest BCUT2D eigenvalue weighted by Crippen LogP contribution is -2.34. The Kier molecular flexibility index (Phi) is 4.29. The third-order valence-electron chi connectivity index (χ3n) is 3.84. The molecule has 1 aromatic carbocycles. The Morgan fingerprint density at radius 3 is 3.00 bits per heavy atom. The van der Waals surface area contributed by atoms with Crippen molar-refractivity contribution in [3.8, 4) is 11.4 Å². The molecule has 1 unspecified atom stereocenters. The number of likely N-dealkylation sites (N-methyl/N-ethyl adjacent to an activating group) is 1. The minimum atomic E-state index is -0.485. The lowest BCUT2D eigenvalue weighted by atomic mass is 10.2. The Balaban J connectivity index is 1.80. The number of carbonyl (C=O) groups is 1. The van der Waals surface area contributed by atoms with E-state index >= 15 is 0 Å². The molecule has 122 valence electrons. The number of hydrogen-bond donors (Lipinski definition) is 1. The predicted molar refractivity (Wildman–Crippen MR) is 81.1 cm³/mol. The van der Waals surface area contributed by atoms with E-state index in [1.54, 1.807) is 19.2 Å². The van der Waals surface area contributed by atoms with Gasteiger partial charge in [-0.2, -0.15) is 5.10 Å². The molecule has 1 aliphatic rings. The van der Waals surface area contributed by atoms with Crippen LogP contribution in [0.3, 0.4) is 0 Å². The van der Waals surface area contributed by atoms with Gasteiger partial charge >= 0.3 is 0 Å². The summed E-state index contributed by atoms with van der Waals surface area (Å²) < 4.78 is 20.5. The molecule has 7 heteroatoms. The minimum Gasteiger partial charge on any atom is -0.504 e. The Hall–Kier alpha value is -2.41. The van der Waals surface area contributed by atoms with E-state index in [1.165, 1.54) is 23.2 Å². The molecule has 2 heterocycles. The first-order chi connectivity index (χ1) is 11.1. The van der Waals surface area contributed by atoms with Crippen LogP contribution in [-0.2, 0) is 4.74 Å². The van der Waals surface area contributed by atoms with E-state index in [9.17, 15) is 14.3 Å². The van der Waals surface area contributed by atoms with Crippen LogP contribution < -0.4 is 0 Å². The first-order valence-electron chi connectivity index (χ1n) is 7.47. The Morgan fingerprint density at radius 1 is 1.52 bits per heavy atom. The smallest absolute Gasteiger partial charge is 0.278 e. The van der Waals surface area contributed by atoms with Crippen molar-refractivity contribution in [1.29, 1.82) is 0 Å². The molecule has 2 aromatic rings. The summed E-state index contributed by atoms with van der Waals surface area (Å²) in [6.45, 7) is 1.14. The van der Waals surface area contributed by atoms with Crippen molar-refractivity contribution in [2.24, 2.45) is 0 Å². The summed E-state index contributed by atoms with van der Waals surface area (Å²) in [6, 6.07) is 6.02. The number of ether oxygens (including phenoxy) is 1. The maximum Gasteiger partial charge on any atom is 0.278 e. The zero-order valence-electron chi connectivity index (χ0n) is 12.8. The monoisotopic (exact) mass is 319 g/mol. The highest BCUT2D eigenvalue weighted by molar-refractivity contribution is 5.94. The number of aromatic nitrogens is 2. The average Bonchev–Trinajstić information content (AvgIpc) is 3.16. The van der Waals surface area contributed by atoms with E-state index in [0.29, 0.717) is 13.2 Å². The number of aromatic hydroxyl groups is 1. The normalized spacial score (nSPS) is 17.4. The number of hydrogen-bond acceptors (Lipinski definition) is 4. The second-order valence-electron chi connectivity index (χ2n) is 5.58. The number of halogens is 1. The molecule has 0 saturated carbocycles. The van der Waals surface area contributed by atoms with Crippen LogP contribution in [0.5, 0.6) is 5.75 Å². The quantitative estimate of drug-likeness (QED) is 0.935. The van der Waals surface area contributed by atoms with Gasteiger partial charge in [-0.3, -0.25) is 4.79 Å². The Labute approximate surface area is 133 Å². The molecule has 1 aliphatic heterocycles. The summed E-state index contributed by atoms with van der Waals surface area (Å²) in [5.41, 5.74) is 0.0670. The topological polar surface area (TPSA) is 67.6 Å². The van der Waals surface area contributed by atoms with Gasteiger partial charge in [-0.15, -0.1) is 0 Å². The maximum atomic E-state index is 13.8. The second-order valence-corrected chi connectivity index (χ2v) is 5.58. The van der Waals surface area contributed by atoms with Crippen molar-refractivity contribution in [3.63, 3.8) is 0 Å². The summed E-state index contributed by atoms with van der Waals surface area (Å²) in [7, 11) is 1.63.